The molecule has 0 spiro atoms. The summed E-state index contributed by atoms with van der Waals surface area (Å²) in [6.07, 6.45) is -0.736. The highest BCUT2D eigenvalue weighted by Crippen LogP contribution is 2.22. The van der Waals surface area contributed by atoms with Gasteiger partial charge in [-0.2, -0.15) is 0 Å². The van der Waals surface area contributed by atoms with Gasteiger partial charge in [0.1, 0.15) is 0 Å². The van der Waals surface area contributed by atoms with Crippen LogP contribution >= 0.6 is 15.9 Å². The fraction of sp³-hybridized carbons (Fsp3) is 0.250. The van der Waals surface area contributed by atoms with Crippen molar-refractivity contribution in [2.75, 3.05) is 0 Å². The van der Waals surface area contributed by atoms with Crippen LogP contribution in [0.3, 0.4) is 0 Å². The van der Waals surface area contributed by atoms with Crippen LogP contribution in [0.15, 0.2) is 33.3 Å². The average molecular weight is 327 g/mol. The zero-order chi connectivity index (χ0) is 14.0. The lowest BCUT2D eigenvalue weighted by Crippen LogP contribution is -2.38. The van der Waals surface area contributed by atoms with Crippen molar-refractivity contribution in [3.8, 4) is 11.6 Å². The smallest absolute Gasteiger partial charge is 0.303 e. The number of aromatic nitrogens is 2. The lowest BCUT2D eigenvalue weighted by Gasteiger charge is -2.08. The molecule has 1 aromatic heterocycles. The number of benzene rings is 1. The number of nitrogens with zero attached hydrogens (tertiary/aromatic N) is 2. The van der Waals surface area contributed by atoms with Crippen LogP contribution < -0.4 is 9.79 Å². The van der Waals surface area contributed by atoms with Crippen LogP contribution in [0.4, 0.5) is 0 Å². The highest BCUT2D eigenvalue weighted by atomic mass is 79.9. The molecule has 100 valence electrons. The molecule has 0 aliphatic heterocycles. The summed E-state index contributed by atoms with van der Waals surface area (Å²) in [4.78, 5) is 11.0. The van der Waals surface area contributed by atoms with E-state index in [1.54, 1.807) is 19.1 Å². The second kappa shape index (κ2) is 5.40. The number of carbonyl (C=O) groups is 1. The molecule has 0 amide bonds. The topological polar surface area (TPSA) is 79.3 Å². The standard InChI is InChI=1S/C12H11BrN2O4/c1-7(18-8(2)16)11-12(17)19-14-15(11)10-5-3-9(13)4-6-10/h3-7H,1-2H3. The van der Waals surface area contributed by atoms with E-state index in [2.05, 4.69) is 25.7 Å². The number of rotatable bonds is 3. The molecule has 1 atom stereocenters. The maximum absolute atomic E-state index is 11.7. The molecule has 19 heavy (non-hydrogen) atoms. The van der Waals surface area contributed by atoms with E-state index in [0.717, 1.165) is 4.47 Å². The Morgan fingerprint density at radius 2 is 2.11 bits per heavy atom. The zero-order valence-corrected chi connectivity index (χ0v) is 11.9. The summed E-state index contributed by atoms with van der Waals surface area (Å²) < 4.78 is 11.9. The van der Waals surface area contributed by atoms with Crippen molar-refractivity contribution in [3.05, 3.63) is 34.4 Å². The second-order valence-corrected chi connectivity index (χ2v) is 4.80. The first-order chi connectivity index (χ1) is 8.99. The quantitative estimate of drug-likeness (QED) is 0.629. The Morgan fingerprint density at radius 3 is 2.68 bits per heavy atom. The fourth-order valence-electron chi connectivity index (χ4n) is 1.67. The number of esters is 1. The molecule has 0 aliphatic carbocycles. The maximum atomic E-state index is 11.7. The molecule has 0 saturated heterocycles. The Labute approximate surface area is 117 Å². The Hall–Kier alpha value is -1.89. The predicted molar refractivity (Wildman–Crippen MR) is 65.4 cm³/mol. The van der Waals surface area contributed by atoms with Gasteiger partial charge in [-0.25, -0.2) is 0 Å². The first kappa shape index (κ1) is 13.5. The lowest BCUT2D eigenvalue weighted by atomic mass is 10.2. The zero-order valence-electron chi connectivity index (χ0n) is 10.3. The molecule has 0 aliphatic rings. The number of carbonyl (C=O) groups excluding carboxylic acids is 1. The largest absolute Gasteiger partial charge is 0.539 e. The number of hydrogen-bond donors (Lipinski definition) is 0. The van der Waals surface area contributed by atoms with Gasteiger partial charge in [-0.1, -0.05) is 15.9 Å². The molecule has 7 heteroatoms. The van der Waals surface area contributed by atoms with Gasteiger partial charge in [0, 0.05) is 23.5 Å². The molecule has 2 aromatic rings. The van der Waals surface area contributed by atoms with Crippen LogP contribution in [0.1, 0.15) is 25.6 Å². The van der Waals surface area contributed by atoms with E-state index >= 15 is 0 Å². The van der Waals surface area contributed by atoms with Crippen LogP contribution in [0.2, 0.25) is 0 Å². The first-order valence-corrected chi connectivity index (χ1v) is 6.30. The minimum atomic E-state index is -0.736. The number of halogens is 1. The maximum Gasteiger partial charge on any atom is 0.303 e. The molecule has 2 rings (SSSR count). The van der Waals surface area contributed by atoms with Crippen molar-refractivity contribution in [2.45, 2.75) is 20.0 Å². The third-order valence-corrected chi connectivity index (χ3v) is 2.97. The van der Waals surface area contributed by atoms with E-state index in [9.17, 15) is 9.90 Å². The van der Waals surface area contributed by atoms with Gasteiger partial charge < -0.3 is 14.4 Å². The van der Waals surface area contributed by atoms with Crippen LogP contribution in [-0.4, -0.2) is 11.2 Å². The summed E-state index contributed by atoms with van der Waals surface area (Å²) in [5.74, 6) is -1.10. The van der Waals surface area contributed by atoms with Crippen molar-refractivity contribution in [1.82, 2.24) is 5.27 Å². The molecule has 0 radical (unpaired) electrons. The van der Waals surface area contributed by atoms with E-state index in [4.69, 9.17) is 4.74 Å². The van der Waals surface area contributed by atoms with E-state index in [1.165, 1.54) is 11.6 Å². The summed E-state index contributed by atoms with van der Waals surface area (Å²) in [7, 11) is 0. The van der Waals surface area contributed by atoms with E-state index in [-0.39, 0.29) is 5.69 Å². The van der Waals surface area contributed by atoms with Crippen molar-refractivity contribution < 1.29 is 23.8 Å². The van der Waals surface area contributed by atoms with Crippen LogP contribution in [0.25, 0.3) is 5.69 Å². The van der Waals surface area contributed by atoms with E-state index in [1.807, 2.05) is 12.1 Å². The van der Waals surface area contributed by atoms with Crippen molar-refractivity contribution in [2.24, 2.45) is 0 Å². The monoisotopic (exact) mass is 326 g/mol. The molecule has 6 nitrogen and oxygen atoms in total. The predicted octanol–water partition coefficient (Wildman–Crippen LogP) is 1.41. The molecule has 1 heterocycles. The summed E-state index contributed by atoms with van der Waals surface area (Å²) in [6, 6.07) is 7.13. The highest BCUT2D eigenvalue weighted by molar-refractivity contribution is 9.10. The minimum absolute atomic E-state index is 0.164. The van der Waals surface area contributed by atoms with Crippen LogP contribution in [-0.2, 0) is 9.53 Å². The normalized spacial score (nSPS) is 12.2. The summed E-state index contributed by atoms with van der Waals surface area (Å²) in [5.41, 5.74) is 0.806. The second-order valence-electron chi connectivity index (χ2n) is 3.89. The van der Waals surface area contributed by atoms with Gasteiger partial charge in [-0.05, 0) is 23.7 Å². The van der Waals surface area contributed by atoms with Crippen molar-refractivity contribution in [1.29, 1.82) is 0 Å². The van der Waals surface area contributed by atoms with Gasteiger partial charge in [-0.15, -0.1) is 0 Å². The molecule has 0 bridgehead atoms. The molecule has 0 saturated carbocycles. The highest BCUT2D eigenvalue weighted by Gasteiger charge is 2.28. The number of hydrogen-bond acceptors (Lipinski definition) is 5. The third kappa shape index (κ3) is 2.93. The fourth-order valence-corrected chi connectivity index (χ4v) is 1.93. The Balaban J connectivity index is 2.42. The third-order valence-electron chi connectivity index (χ3n) is 2.44. The van der Waals surface area contributed by atoms with Crippen LogP contribution in [0.5, 0.6) is 5.95 Å². The number of ether oxygens (including phenoxy) is 1. The Bertz CT molecular complexity index is 594. The van der Waals surface area contributed by atoms with Gasteiger partial charge in [0.05, 0.1) is 5.27 Å². The molecule has 0 N–H and O–H groups in total. The first-order valence-electron chi connectivity index (χ1n) is 5.51. The molecular weight excluding hydrogens is 316 g/mol. The summed E-state index contributed by atoms with van der Waals surface area (Å²) in [5, 5.41) is 15.3. The Kier molecular flexibility index (Phi) is 3.84. The van der Waals surface area contributed by atoms with Gasteiger partial charge in [-0.3, -0.25) is 4.79 Å². The van der Waals surface area contributed by atoms with E-state index < -0.39 is 18.0 Å². The van der Waals surface area contributed by atoms with E-state index in [0.29, 0.717) is 5.69 Å². The lowest BCUT2D eigenvalue weighted by molar-refractivity contribution is -0.680. The van der Waals surface area contributed by atoms with Gasteiger partial charge in [0.2, 0.25) is 5.69 Å². The summed E-state index contributed by atoms with van der Waals surface area (Å²) in [6.45, 7) is 2.86. The van der Waals surface area contributed by atoms with Crippen LogP contribution in [0, 0.1) is 0 Å². The van der Waals surface area contributed by atoms with Crippen molar-refractivity contribution in [3.63, 3.8) is 0 Å². The molecular formula is C12H11BrN2O4. The molecule has 1 unspecified atom stereocenters. The Morgan fingerprint density at radius 1 is 1.47 bits per heavy atom. The molecule has 0 fully saturated rings. The van der Waals surface area contributed by atoms with Crippen molar-refractivity contribution >= 4 is 21.9 Å². The average Bonchev–Trinajstić information content (AvgIpc) is 2.71. The SMILES string of the molecule is CC(=O)OC(C)c1c([O-])on[n+]1-c1ccc(Br)cc1. The van der Waals surface area contributed by atoms with Gasteiger partial charge in [0.15, 0.2) is 12.1 Å². The molecule has 1 aromatic carbocycles. The minimum Gasteiger partial charge on any atom is -0.539 e. The summed E-state index contributed by atoms with van der Waals surface area (Å²) >= 11 is 3.32. The van der Waals surface area contributed by atoms with Gasteiger partial charge >= 0.3 is 5.97 Å². The van der Waals surface area contributed by atoms with Gasteiger partial charge in [0.25, 0.3) is 5.69 Å².